The average molecular weight is 299 g/mol. The monoisotopic (exact) mass is 299 g/mol. The molecule has 0 bridgehead atoms. The van der Waals surface area contributed by atoms with Crippen LogP contribution in [0.4, 0.5) is 0 Å². The summed E-state index contributed by atoms with van der Waals surface area (Å²) in [4.78, 5) is 12.2. The van der Waals surface area contributed by atoms with Crippen molar-refractivity contribution in [1.82, 2.24) is 5.32 Å². The van der Waals surface area contributed by atoms with Crippen LogP contribution in [0.2, 0.25) is 0 Å². The van der Waals surface area contributed by atoms with E-state index in [0.29, 0.717) is 23.5 Å². The van der Waals surface area contributed by atoms with E-state index in [1.807, 2.05) is 0 Å². The van der Waals surface area contributed by atoms with Crippen molar-refractivity contribution < 1.29 is 22.7 Å². The highest BCUT2D eigenvalue weighted by Crippen LogP contribution is 2.25. The zero-order valence-electron chi connectivity index (χ0n) is 11.4. The molecule has 1 heterocycles. The molecule has 1 fully saturated rings. The molecule has 1 saturated heterocycles. The molecule has 1 atom stereocenters. The van der Waals surface area contributed by atoms with Crippen LogP contribution in [-0.2, 0) is 9.84 Å². The summed E-state index contributed by atoms with van der Waals surface area (Å²) in [7, 11) is -0.0260. The van der Waals surface area contributed by atoms with Gasteiger partial charge in [0, 0.05) is 12.1 Å². The molecule has 20 heavy (non-hydrogen) atoms. The summed E-state index contributed by atoms with van der Waals surface area (Å²) in [5, 5.41) is 2.72. The molecule has 1 aliphatic heterocycles. The Morgan fingerprint density at radius 3 is 2.60 bits per heavy atom. The van der Waals surface area contributed by atoms with Crippen LogP contribution in [0.15, 0.2) is 18.2 Å². The molecule has 6 nitrogen and oxygen atoms in total. The highest BCUT2D eigenvalue weighted by Gasteiger charge is 2.29. The summed E-state index contributed by atoms with van der Waals surface area (Å²) in [6.45, 7) is 0. The van der Waals surface area contributed by atoms with E-state index in [0.717, 1.165) is 0 Å². The standard InChI is InChI=1S/C13H17NO5S/c1-18-10-3-4-11(12(7-10)19-2)13(15)14-9-5-6-20(16,17)8-9/h3-4,7,9H,5-6,8H2,1-2H3,(H,14,15)/t9-/m0/s1. The van der Waals surface area contributed by atoms with Crippen molar-refractivity contribution >= 4 is 15.7 Å². The number of sulfone groups is 1. The van der Waals surface area contributed by atoms with Gasteiger partial charge < -0.3 is 14.8 Å². The maximum atomic E-state index is 12.2. The van der Waals surface area contributed by atoms with Gasteiger partial charge in [0.15, 0.2) is 9.84 Å². The Morgan fingerprint density at radius 1 is 1.30 bits per heavy atom. The van der Waals surface area contributed by atoms with Crippen LogP contribution in [0, 0.1) is 0 Å². The number of benzene rings is 1. The average Bonchev–Trinajstić information content (AvgIpc) is 2.76. The number of amides is 1. The quantitative estimate of drug-likeness (QED) is 0.881. The predicted octanol–water partition coefficient (Wildman–Crippen LogP) is 0.621. The minimum Gasteiger partial charge on any atom is -0.497 e. The predicted molar refractivity (Wildman–Crippen MR) is 74.1 cm³/mol. The molecular weight excluding hydrogens is 282 g/mol. The maximum Gasteiger partial charge on any atom is 0.255 e. The van der Waals surface area contributed by atoms with E-state index < -0.39 is 9.84 Å². The molecule has 2 rings (SSSR count). The van der Waals surface area contributed by atoms with E-state index in [1.165, 1.54) is 14.2 Å². The van der Waals surface area contributed by atoms with Gasteiger partial charge in [-0.3, -0.25) is 4.79 Å². The molecule has 7 heteroatoms. The van der Waals surface area contributed by atoms with Crippen molar-refractivity contribution in [2.45, 2.75) is 12.5 Å². The van der Waals surface area contributed by atoms with Gasteiger partial charge in [-0.2, -0.15) is 0 Å². The first-order valence-corrected chi connectivity index (χ1v) is 8.00. The minimum atomic E-state index is -3.02. The van der Waals surface area contributed by atoms with Crippen LogP contribution in [0.25, 0.3) is 0 Å². The first-order valence-electron chi connectivity index (χ1n) is 6.18. The minimum absolute atomic E-state index is 0.00277. The lowest BCUT2D eigenvalue weighted by Gasteiger charge is -2.13. The summed E-state index contributed by atoms with van der Waals surface area (Å²) >= 11 is 0. The molecule has 0 saturated carbocycles. The molecule has 0 unspecified atom stereocenters. The van der Waals surface area contributed by atoms with Gasteiger partial charge >= 0.3 is 0 Å². The lowest BCUT2D eigenvalue weighted by molar-refractivity contribution is 0.0938. The fourth-order valence-electron chi connectivity index (χ4n) is 2.16. The molecule has 1 N–H and O–H groups in total. The van der Waals surface area contributed by atoms with Crippen molar-refractivity contribution in [3.63, 3.8) is 0 Å². The zero-order chi connectivity index (χ0) is 14.8. The third-order valence-corrected chi connectivity index (χ3v) is 4.99. The first-order chi connectivity index (χ1) is 9.45. The largest absolute Gasteiger partial charge is 0.497 e. The van der Waals surface area contributed by atoms with Crippen molar-refractivity contribution in [1.29, 1.82) is 0 Å². The second kappa shape index (κ2) is 5.70. The molecule has 0 aromatic heterocycles. The summed E-state index contributed by atoms with van der Waals surface area (Å²) in [6, 6.07) is 4.53. The van der Waals surface area contributed by atoms with Crippen LogP contribution >= 0.6 is 0 Å². The van der Waals surface area contributed by atoms with Crippen molar-refractivity contribution in [2.75, 3.05) is 25.7 Å². The van der Waals surface area contributed by atoms with E-state index in [4.69, 9.17) is 9.47 Å². The molecule has 0 aliphatic carbocycles. The van der Waals surface area contributed by atoms with Gasteiger partial charge in [0.2, 0.25) is 0 Å². The Kier molecular flexibility index (Phi) is 4.17. The van der Waals surface area contributed by atoms with Gasteiger partial charge in [0.05, 0.1) is 31.3 Å². The van der Waals surface area contributed by atoms with Crippen LogP contribution < -0.4 is 14.8 Å². The highest BCUT2D eigenvalue weighted by molar-refractivity contribution is 7.91. The molecule has 1 amide bonds. The SMILES string of the molecule is COc1ccc(C(=O)N[C@H]2CCS(=O)(=O)C2)c(OC)c1. The number of nitrogens with one attached hydrogen (secondary N) is 1. The molecule has 0 radical (unpaired) electrons. The molecule has 0 spiro atoms. The van der Waals surface area contributed by atoms with Crippen LogP contribution in [0.3, 0.4) is 0 Å². The summed E-state index contributed by atoms with van der Waals surface area (Å²) < 4.78 is 33.0. The van der Waals surface area contributed by atoms with E-state index >= 15 is 0 Å². The topological polar surface area (TPSA) is 81.7 Å². The number of hydrogen-bond donors (Lipinski definition) is 1. The van der Waals surface area contributed by atoms with E-state index in [2.05, 4.69) is 5.32 Å². The van der Waals surface area contributed by atoms with Crippen molar-refractivity contribution in [3.05, 3.63) is 23.8 Å². The number of carbonyl (C=O) groups excluding carboxylic acids is 1. The first kappa shape index (κ1) is 14.6. The van der Waals surface area contributed by atoms with Crippen LogP contribution in [-0.4, -0.2) is 46.1 Å². The van der Waals surface area contributed by atoms with Crippen molar-refractivity contribution in [3.8, 4) is 11.5 Å². The normalized spacial score (nSPS) is 20.4. The van der Waals surface area contributed by atoms with E-state index in [1.54, 1.807) is 18.2 Å². The highest BCUT2D eigenvalue weighted by atomic mass is 32.2. The van der Waals surface area contributed by atoms with Crippen molar-refractivity contribution in [2.24, 2.45) is 0 Å². The number of rotatable bonds is 4. The zero-order valence-corrected chi connectivity index (χ0v) is 12.2. The van der Waals surface area contributed by atoms with E-state index in [-0.39, 0.29) is 23.5 Å². The lowest BCUT2D eigenvalue weighted by Crippen LogP contribution is -2.35. The number of hydrogen-bond acceptors (Lipinski definition) is 5. The summed E-state index contributed by atoms with van der Waals surface area (Å²) in [6.07, 6.45) is 0.451. The fourth-order valence-corrected chi connectivity index (χ4v) is 3.83. The van der Waals surface area contributed by atoms with Gasteiger partial charge in [-0.05, 0) is 18.6 Å². The second-order valence-corrected chi connectivity index (χ2v) is 6.87. The second-order valence-electron chi connectivity index (χ2n) is 4.64. The van der Waals surface area contributed by atoms with Gasteiger partial charge in [-0.1, -0.05) is 0 Å². The maximum absolute atomic E-state index is 12.2. The number of methoxy groups -OCH3 is 2. The molecule has 1 aromatic carbocycles. The summed E-state index contributed by atoms with van der Waals surface area (Å²) in [5.74, 6) is 0.755. The fraction of sp³-hybridized carbons (Fsp3) is 0.462. The van der Waals surface area contributed by atoms with Crippen LogP contribution in [0.5, 0.6) is 11.5 Å². The Hall–Kier alpha value is -1.76. The molecule has 1 aliphatic rings. The van der Waals surface area contributed by atoms with Gasteiger partial charge in [-0.15, -0.1) is 0 Å². The Bertz CT molecular complexity index is 611. The number of ether oxygens (including phenoxy) is 2. The Labute approximate surface area is 118 Å². The lowest BCUT2D eigenvalue weighted by atomic mass is 10.1. The number of carbonyl (C=O) groups is 1. The third kappa shape index (κ3) is 3.22. The Morgan fingerprint density at radius 2 is 2.05 bits per heavy atom. The smallest absolute Gasteiger partial charge is 0.255 e. The Balaban J connectivity index is 2.13. The van der Waals surface area contributed by atoms with E-state index in [9.17, 15) is 13.2 Å². The van der Waals surface area contributed by atoms with Crippen LogP contribution in [0.1, 0.15) is 16.8 Å². The summed E-state index contributed by atoms with van der Waals surface area (Å²) in [5.41, 5.74) is 0.359. The van der Waals surface area contributed by atoms with Gasteiger partial charge in [-0.25, -0.2) is 8.42 Å². The molecule has 1 aromatic rings. The third-order valence-electron chi connectivity index (χ3n) is 3.22. The van der Waals surface area contributed by atoms with Gasteiger partial charge in [0.25, 0.3) is 5.91 Å². The van der Waals surface area contributed by atoms with Gasteiger partial charge in [0.1, 0.15) is 11.5 Å². The molecule has 110 valence electrons. The molecular formula is C13H17NO5S.